The predicted octanol–water partition coefficient (Wildman–Crippen LogP) is 2.58. The van der Waals surface area contributed by atoms with Gasteiger partial charge in [-0.15, -0.1) is 0 Å². The van der Waals surface area contributed by atoms with Crippen LogP contribution in [-0.4, -0.2) is 11.9 Å². The molecule has 0 aliphatic heterocycles. The van der Waals surface area contributed by atoms with E-state index < -0.39 is 6.04 Å². The van der Waals surface area contributed by atoms with E-state index in [9.17, 15) is 4.79 Å². The third-order valence-corrected chi connectivity index (χ3v) is 2.72. The van der Waals surface area contributed by atoms with E-state index in [1.54, 1.807) is 6.07 Å². The van der Waals surface area contributed by atoms with Crippen LogP contribution < -0.4 is 5.32 Å². The molecule has 0 spiro atoms. The van der Waals surface area contributed by atoms with Crippen LogP contribution in [0.2, 0.25) is 0 Å². The Hall–Kier alpha value is -1.82. The van der Waals surface area contributed by atoms with Crippen LogP contribution >= 0.6 is 0 Å². The molecular weight excluding hydrogens is 212 g/mol. The van der Waals surface area contributed by atoms with Crippen LogP contribution in [-0.2, 0) is 0 Å². The summed E-state index contributed by atoms with van der Waals surface area (Å²) in [6.07, 6.45) is 0. The van der Waals surface area contributed by atoms with Gasteiger partial charge in [-0.1, -0.05) is 31.5 Å². The normalized spacial score (nSPS) is 12.0. The van der Waals surface area contributed by atoms with Crippen molar-refractivity contribution in [2.75, 3.05) is 0 Å². The number of carbonyl (C=O) groups excluding carboxylic acids is 1. The summed E-state index contributed by atoms with van der Waals surface area (Å²) in [6.45, 7) is 7.71. The molecule has 0 aliphatic carbocycles. The zero-order chi connectivity index (χ0) is 13.0. The summed E-state index contributed by atoms with van der Waals surface area (Å²) in [4.78, 5) is 12.0. The quantitative estimate of drug-likeness (QED) is 0.867. The molecular formula is C14H18N2O. The third kappa shape index (κ3) is 3.32. The Morgan fingerprint density at radius 3 is 2.47 bits per heavy atom. The lowest BCUT2D eigenvalue weighted by Crippen LogP contribution is -2.37. The first-order valence-corrected chi connectivity index (χ1v) is 5.73. The third-order valence-electron chi connectivity index (χ3n) is 2.72. The van der Waals surface area contributed by atoms with Crippen molar-refractivity contribution in [3.8, 4) is 6.07 Å². The Morgan fingerprint density at radius 1 is 1.35 bits per heavy atom. The van der Waals surface area contributed by atoms with Crippen LogP contribution in [0.25, 0.3) is 0 Å². The van der Waals surface area contributed by atoms with Gasteiger partial charge in [0.25, 0.3) is 5.91 Å². The molecule has 0 bridgehead atoms. The molecule has 0 saturated heterocycles. The molecule has 0 fully saturated rings. The number of nitrogens with one attached hydrogen (secondary N) is 1. The SMILES string of the molecule is Cc1ccc(C(=O)NC(C#N)C(C)C)c(C)c1. The van der Waals surface area contributed by atoms with Gasteiger partial charge in [0.2, 0.25) is 0 Å². The number of nitriles is 1. The minimum Gasteiger partial charge on any atom is -0.336 e. The summed E-state index contributed by atoms with van der Waals surface area (Å²) in [6, 6.07) is 7.33. The highest BCUT2D eigenvalue weighted by molar-refractivity contribution is 5.96. The Kier molecular flexibility index (Phi) is 4.28. The minimum atomic E-state index is -0.441. The summed E-state index contributed by atoms with van der Waals surface area (Å²) >= 11 is 0. The van der Waals surface area contributed by atoms with E-state index >= 15 is 0 Å². The number of hydrogen-bond acceptors (Lipinski definition) is 2. The number of aryl methyl sites for hydroxylation is 2. The molecule has 1 aromatic carbocycles. The van der Waals surface area contributed by atoms with Gasteiger partial charge in [0, 0.05) is 5.56 Å². The van der Waals surface area contributed by atoms with Gasteiger partial charge in [0.15, 0.2) is 0 Å². The standard InChI is InChI=1S/C14H18N2O/c1-9(2)13(8-15)16-14(17)12-6-5-10(3)7-11(12)4/h5-7,9,13H,1-4H3,(H,16,17). The fraction of sp³-hybridized carbons (Fsp3) is 0.429. The monoisotopic (exact) mass is 230 g/mol. The molecule has 17 heavy (non-hydrogen) atoms. The highest BCUT2D eigenvalue weighted by Gasteiger charge is 2.17. The summed E-state index contributed by atoms with van der Waals surface area (Å²) < 4.78 is 0. The van der Waals surface area contributed by atoms with Gasteiger partial charge >= 0.3 is 0 Å². The predicted molar refractivity (Wildman–Crippen MR) is 67.6 cm³/mol. The van der Waals surface area contributed by atoms with E-state index in [0.717, 1.165) is 11.1 Å². The topological polar surface area (TPSA) is 52.9 Å². The Labute approximate surface area is 102 Å². The number of rotatable bonds is 3. The fourth-order valence-corrected chi connectivity index (χ4v) is 1.64. The second kappa shape index (κ2) is 5.49. The maximum Gasteiger partial charge on any atom is 0.252 e. The first-order valence-electron chi connectivity index (χ1n) is 5.73. The molecule has 1 N–H and O–H groups in total. The molecule has 3 heteroatoms. The van der Waals surface area contributed by atoms with Crippen molar-refractivity contribution in [2.24, 2.45) is 5.92 Å². The maximum absolute atomic E-state index is 12.0. The van der Waals surface area contributed by atoms with Gasteiger partial charge in [0.05, 0.1) is 6.07 Å². The average Bonchev–Trinajstić information content (AvgIpc) is 2.24. The molecule has 0 aromatic heterocycles. The zero-order valence-electron chi connectivity index (χ0n) is 10.7. The molecule has 1 atom stereocenters. The Bertz CT molecular complexity index is 458. The Morgan fingerprint density at radius 2 is 2.00 bits per heavy atom. The van der Waals surface area contributed by atoms with Gasteiger partial charge in [0.1, 0.15) is 6.04 Å². The van der Waals surface area contributed by atoms with E-state index in [1.807, 2.05) is 39.8 Å². The molecule has 0 heterocycles. The number of benzene rings is 1. The summed E-state index contributed by atoms with van der Waals surface area (Å²) in [5, 5.41) is 11.7. The first kappa shape index (κ1) is 13.2. The van der Waals surface area contributed by atoms with Crippen LogP contribution in [0.5, 0.6) is 0 Å². The van der Waals surface area contributed by atoms with Crippen LogP contribution in [0.1, 0.15) is 35.3 Å². The van der Waals surface area contributed by atoms with E-state index in [2.05, 4.69) is 11.4 Å². The Balaban J connectivity index is 2.87. The number of amides is 1. The number of nitrogens with zero attached hydrogens (tertiary/aromatic N) is 1. The van der Waals surface area contributed by atoms with Crippen molar-refractivity contribution in [1.82, 2.24) is 5.32 Å². The largest absolute Gasteiger partial charge is 0.336 e. The van der Waals surface area contributed by atoms with Crippen molar-refractivity contribution in [3.63, 3.8) is 0 Å². The van der Waals surface area contributed by atoms with Crippen LogP contribution in [0, 0.1) is 31.1 Å². The van der Waals surface area contributed by atoms with Gasteiger partial charge in [-0.05, 0) is 31.4 Å². The molecule has 1 aromatic rings. The number of hydrogen-bond donors (Lipinski definition) is 1. The second-order valence-electron chi connectivity index (χ2n) is 4.64. The average molecular weight is 230 g/mol. The highest BCUT2D eigenvalue weighted by atomic mass is 16.1. The molecule has 90 valence electrons. The van der Waals surface area contributed by atoms with Gasteiger partial charge in [-0.2, -0.15) is 5.26 Å². The first-order chi connectivity index (χ1) is 7.95. The second-order valence-corrected chi connectivity index (χ2v) is 4.64. The van der Waals surface area contributed by atoms with Crippen LogP contribution in [0.4, 0.5) is 0 Å². The lowest BCUT2D eigenvalue weighted by molar-refractivity contribution is 0.0937. The van der Waals surface area contributed by atoms with Crippen LogP contribution in [0.3, 0.4) is 0 Å². The molecule has 0 saturated carbocycles. The van der Waals surface area contributed by atoms with Gasteiger partial charge in [-0.3, -0.25) is 4.79 Å². The summed E-state index contributed by atoms with van der Waals surface area (Å²) in [5.41, 5.74) is 2.69. The van der Waals surface area contributed by atoms with Crippen molar-refractivity contribution >= 4 is 5.91 Å². The lowest BCUT2D eigenvalue weighted by Gasteiger charge is -2.15. The molecule has 0 radical (unpaired) electrons. The zero-order valence-corrected chi connectivity index (χ0v) is 10.7. The fourth-order valence-electron chi connectivity index (χ4n) is 1.64. The molecule has 1 amide bonds. The van der Waals surface area contributed by atoms with E-state index in [4.69, 9.17) is 5.26 Å². The van der Waals surface area contributed by atoms with Gasteiger partial charge < -0.3 is 5.32 Å². The number of carbonyl (C=O) groups is 1. The maximum atomic E-state index is 12.0. The molecule has 1 unspecified atom stereocenters. The molecule has 3 nitrogen and oxygen atoms in total. The summed E-state index contributed by atoms with van der Waals surface area (Å²) in [7, 11) is 0. The van der Waals surface area contributed by atoms with Gasteiger partial charge in [-0.25, -0.2) is 0 Å². The van der Waals surface area contributed by atoms with E-state index in [-0.39, 0.29) is 11.8 Å². The lowest BCUT2D eigenvalue weighted by atomic mass is 10.0. The smallest absolute Gasteiger partial charge is 0.252 e. The molecule has 1 rings (SSSR count). The van der Waals surface area contributed by atoms with E-state index in [1.165, 1.54) is 0 Å². The van der Waals surface area contributed by atoms with Crippen LogP contribution in [0.15, 0.2) is 18.2 Å². The van der Waals surface area contributed by atoms with Crippen molar-refractivity contribution < 1.29 is 4.79 Å². The minimum absolute atomic E-state index is 0.106. The van der Waals surface area contributed by atoms with E-state index in [0.29, 0.717) is 5.56 Å². The molecule has 0 aliphatic rings. The van der Waals surface area contributed by atoms with Crippen molar-refractivity contribution in [1.29, 1.82) is 5.26 Å². The van der Waals surface area contributed by atoms with Crippen molar-refractivity contribution in [3.05, 3.63) is 34.9 Å². The van der Waals surface area contributed by atoms with Crippen molar-refractivity contribution in [2.45, 2.75) is 33.7 Å². The highest BCUT2D eigenvalue weighted by Crippen LogP contribution is 2.11. The summed E-state index contributed by atoms with van der Waals surface area (Å²) in [5.74, 6) is -0.0718.